The Bertz CT molecular complexity index is 1210. The van der Waals surface area contributed by atoms with Gasteiger partial charge < -0.3 is 0 Å². The molecule has 0 N–H and O–H groups in total. The van der Waals surface area contributed by atoms with Gasteiger partial charge in [-0.15, -0.1) is 0 Å². The maximum atomic E-state index is 13.2. The van der Waals surface area contributed by atoms with Gasteiger partial charge in [-0.05, 0) is 54.1 Å². The van der Waals surface area contributed by atoms with Crippen LogP contribution in [0.2, 0.25) is 0 Å². The molecule has 0 amide bonds. The fourth-order valence-corrected chi connectivity index (χ4v) is 3.22. The number of rotatable bonds is 2. The lowest BCUT2D eigenvalue weighted by Crippen LogP contribution is -2.28. The van der Waals surface area contributed by atoms with Crippen LogP contribution in [0.4, 0.5) is 0 Å². The van der Waals surface area contributed by atoms with E-state index in [-0.39, 0.29) is 16.9 Å². The summed E-state index contributed by atoms with van der Waals surface area (Å²) in [5, 5.41) is 2.43. The number of Topliss-reactive ketones (excluding diaryl/α,β-unsaturated/α-hetero) is 1. The average Bonchev–Trinajstić information content (AvgIpc) is 2.76. The van der Waals surface area contributed by atoms with Gasteiger partial charge in [0.25, 0.3) is 11.1 Å². The second kappa shape index (κ2) is 6.08. The van der Waals surface area contributed by atoms with E-state index >= 15 is 0 Å². The van der Waals surface area contributed by atoms with Crippen LogP contribution in [0.25, 0.3) is 27.2 Å². The highest BCUT2D eigenvalue weighted by molar-refractivity contribution is 6.05. The minimum atomic E-state index is -0.377. The topological polar surface area (TPSA) is 56.1 Å². The number of carbonyl (C=O) groups excluding carboxylic acids is 1. The number of fused-ring (bicyclic) bond motifs is 3. The number of nitrogens with zero attached hydrogens (tertiary/aromatic N) is 1. The molecular weight excluding hydrogens is 326 g/mol. The van der Waals surface area contributed by atoms with Crippen LogP contribution in [0, 0.1) is 0 Å². The van der Waals surface area contributed by atoms with Crippen molar-refractivity contribution in [3.05, 3.63) is 99.1 Å². The maximum absolute atomic E-state index is 13.2. The Morgan fingerprint density at radius 2 is 1.08 bits per heavy atom. The van der Waals surface area contributed by atoms with Crippen molar-refractivity contribution in [3.8, 4) is 5.69 Å². The van der Waals surface area contributed by atoms with Crippen molar-refractivity contribution in [2.45, 2.75) is 6.92 Å². The summed E-state index contributed by atoms with van der Waals surface area (Å²) >= 11 is 0. The van der Waals surface area contributed by atoms with Crippen molar-refractivity contribution in [2.75, 3.05) is 0 Å². The lowest BCUT2D eigenvalue weighted by Gasteiger charge is -2.03. The molecule has 0 spiro atoms. The SMILES string of the molecule is CC(=O)c1ccc(-n2c(=O)c3ccccc3c3ccccc3c2=O)cc1. The highest BCUT2D eigenvalue weighted by atomic mass is 16.2. The Hall–Kier alpha value is -3.53. The van der Waals surface area contributed by atoms with Gasteiger partial charge in [0.1, 0.15) is 0 Å². The van der Waals surface area contributed by atoms with E-state index in [1.807, 2.05) is 24.3 Å². The zero-order chi connectivity index (χ0) is 18.3. The molecule has 26 heavy (non-hydrogen) atoms. The third-order valence-electron chi connectivity index (χ3n) is 4.54. The molecule has 0 radical (unpaired) electrons. The summed E-state index contributed by atoms with van der Waals surface area (Å²) in [5.74, 6) is -0.0687. The number of aromatic nitrogens is 1. The van der Waals surface area contributed by atoms with Gasteiger partial charge in [-0.3, -0.25) is 14.4 Å². The van der Waals surface area contributed by atoms with Crippen LogP contribution in [-0.2, 0) is 0 Å². The molecule has 126 valence electrons. The summed E-state index contributed by atoms with van der Waals surface area (Å²) in [5.41, 5.74) is 0.218. The van der Waals surface area contributed by atoms with Gasteiger partial charge in [0.2, 0.25) is 0 Å². The summed E-state index contributed by atoms with van der Waals surface area (Å²) in [6, 6.07) is 20.9. The molecular formula is C22H15NO3. The number of ketones is 1. The Morgan fingerprint density at radius 1 is 0.654 bits per heavy atom. The molecule has 0 aliphatic heterocycles. The predicted molar refractivity (Wildman–Crippen MR) is 103 cm³/mol. The fourth-order valence-electron chi connectivity index (χ4n) is 3.22. The van der Waals surface area contributed by atoms with Crippen molar-refractivity contribution in [2.24, 2.45) is 0 Å². The second-order valence-electron chi connectivity index (χ2n) is 6.14. The molecule has 0 unspecified atom stereocenters. The van der Waals surface area contributed by atoms with E-state index in [4.69, 9.17) is 0 Å². The zero-order valence-corrected chi connectivity index (χ0v) is 14.1. The Morgan fingerprint density at radius 3 is 1.50 bits per heavy atom. The van der Waals surface area contributed by atoms with E-state index < -0.39 is 0 Å². The first-order chi connectivity index (χ1) is 12.6. The van der Waals surface area contributed by atoms with E-state index in [0.717, 1.165) is 10.8 Å². The van der Waals surface area contributed by atoms with Gasteiger partial charge >= 0.3 is 0 Å². The van der Waals surface area contributed by atoms with Crippen LogP contribution in [0.5, 0.6) is 0 Å². The number of hydrogen-bond donors (Lipinski definition) is 0. The van der Waals surface area contributed by atoms with E-state index in [1.165, 1.54) is 11.5 Å². The van der Waals surface area contributed by atoms with Crippen molar-refractivity contribution in [3.63, 3.8) is 0 Å². The largest absolute Gasteiger partial charge is 0.295 e. The average molecular weight is 341 g/mol. The molecule has 4 aromatic rings. The van der Waals surface area contributed by atoms with Crippen LogP contribution < -0.4 is 11.1 Å². The number of carbonyl (C=O) groups is 1. The lowest BCUT2D eigenvalue weighted by molar-refractivity contribution is 0.101. The maximum Gasteiger partial charge on any atom is 0.265 e. The van der Waals surface area contributed by atoms with Crippen LogP contribution in [0.1, 0.15) is 17.3 Å². The van der Waals surface area contributed by atoms with Crippen LogP contribution in [0.15, 0.2) is 82.4 Å². The molecule has 0 saturated carbocycles. The monoisotopic (exact) mass is 341 g/mol. The summed E-state index contributed by atoms with van der Waals surface area (Å²) in [4.78, 5) is 37.8. The number of hydrogen-bond acceptors (Lipinski definition) is 3. The van der Waals surface area contributed by atoms with Crippen LogP contribution >= 0.6 is 0 Å². The fraction of sp³-hybridized carbons (Fsp3) is 0.0455. The van der Waals surface area contributed by atoms with Gasteiger partial charge in [-0.25, -0.2) is 4.57 Å². The van der Waals surface area contributed by atoms with Crippen molar-refractivity contribution in [1.82, 2.24) is 4.57 Å². The van der Waals surface area contributed by atoms with Crippen molar-refractivity contribution in [1.29, 1.82) is 0 Å². The van der Waals surface area contributed by atoms with Crippen LogP contribution in [0.3, 0.4) is 0 Å². The zero-order valence-electron chi connectivity index (χ0n) is 14.1. The van der Waals surface area contributed by atoms with Crippen LogP contribution in [-0.4, -0.2) is 10.4 Å². The molecule has 0 aliphatic carbocycles. The second-order valence-corrected chi connectivity index (χ2v) is 6.14. The molecule has 4 rings (SSSR count). The molecule has 4 nitrogen and oxygen atoms in total. The first kappa shape index (κ1) is 16.0. The number of benzene rings is 3. The lowest BCUT2D eigenvalue weighted by atomic mass is 10.1. The summed E-state index contributed by atoms with van der Waals surface area (Å²) in [7, 11) is 0. The van der Waals surface area contributed by atoms with Crippen molar-refractivity contribution < 1.29 is 4.79 Å². The Kier molecular flexibility index (Phi) is 3.73. The minimum Gasteiger partial charge on any atom is -0.295 e. The summed E-state index contributed by atoms with van der Waals surface area (Å²) in [6.45, 7) is 1.48. The van der Waals surface area contributed by atoms with E-state index in [0.29, 0.717) is 22.0 Å². The normalized spacial score (nSPS) is 11.0. The summed E-state index contributed by atoms with van der Waals surface area (Å²) in [6.07, 6.45) is 0. The first-order valence-electron chi connectivity index (χ1n) is 8.26. The van der Waals surface area contributed by atoms with Gasteiger partial charge in [0.05, 0.1) is 5.69 Å². The Labute approximate surface area is 149 Å². The van der Waals surface area contributed by atoms with Gasteiger partial charge in [-0.2, -0.15) is 0 Å². The molecule has 0 saturated heterocycles. The molecule has 0 fully saturated rings. The Balaban J connectivity index is 2.20. The van der Waals surface area contributed by atoms with Gasteiger partial charge in [-0.1, -0.05) is 36.4 Å². The van der Waals surface area contributed by atoms with E-state index in [2.05, 4.69) is 0 Å². The third-order valence-corrected chi connectivity index (χ3v) is 4.54. The molecule has 4 heteroatoms. The van der Waals surface area contributed by atoms with Crippen molar-refractivity contribution >= 4 is 27.3 Å². The third kappa shape index (κ3) is 2.43. The quantitative estimate of drug-likeness (QED) is 0.522. The highest BCUT2D eigenvalue weighted by Crippen LogP contribution is 2.20. The molecule has 0 aliphatic rings. The van der Waals surface area contributed by atoms with Gasteiger partial charge in [0, 0.05) is 16.3 Å². The smallest absolute Gasteiger partial charge is 0.265 e. The molecule has 0 bridgehead atoms. The predicted octanol–water partition coefficient (Wildman–Crippen LogP) is 3.71. The molecule has 1 heterocycles. The van der Waals surface area contributed by atoms with E-state index in [1.54, 1.807) is 48.5 Å². The minimum absolute atomic E-state index is 0.0687. The molecule has 3 aromatic carbocycles. The van der Waals surface area contributed by atoms with Gasteiger partial charge in [0.15, 0.2) is 5.78 Å². The standard InChI is InChI=1S/C22H15NO3/c1-14(24)15-10-12-16(13-11-15)23-21(25)19-8-4-2-6-17(19)18-7-3-5-9-20(18)22(23)26/h2-13H,1H3. The summed E-state index contributed by atoms with van der Waals surface area (Å²) < 4.78 is 1.18. The molecule has 1 aromatic heterocycles. The molecule has 0 atom stereocenters. The first-order valence-corrected chi connectivity index (χ1v) is 8.26. The van der Waals surface area contributed by atoms with E-state index in [9.17, 15) is 14.4 Å². The highest BCUT2D eigenvalue weighted by Gasteiger charge is 2.12.